The van der Waals surface area contributed by atoms with E-state index in [-0.39, 0.29) is 12.0 Å². The number of para-hydroxylation sites is 1. The molecule has 0 aliphatic carbocycles. The summed E-state index contributed by atoms with van der Waals surface area (Å²) in [6.07, 6.45) is 8.93. The zero-order chi connectivity index (χ0) is 20.9. The first-order valence-electron chi connectivity index (χ1n) is 10.5. The molecule has 0 radical (unpaired) electrons. The normalized spacial score (nSPS) is 15.7. The van der Waals surface area contributed by atoms with Crippen LogP contribution < -0.4 is 14.2 Å². The Morgan fingerprint density at radius 2 is 1.87 bits per heavy atom. The van der Waals surface area contributed by atoms with Crippen LogP contribution in [0, 0.1) is 0 Å². The van der Waals surface area contributed by atoms with Crippen LogP contribution in [0.2, 0.25) is 0 Å². The molecular weight excluding hydrogens is 372 g/mol. The fraction of sp³-hybridized carbons (Fsp3) is 0.231. The van der Waals surface area contributed by atoms with E-state index in [2.05, 4.69) is 11.5 Å². The van der Waals surface area contributed by atoms with Gasteiger partial charge in [-0.05, 0) is 31.5 Å². The summed E-state index contributed by atoms with van der Waals surface area (Å²) in [6.45, 7) is 5.41. The first-order chi connectivity index (χ1) is 14.7. The monoisotopic (exact) mass is 399 g/mol. The summed E-state index contributed by atoms with van der Waals surface area (Å²) in [7, 11) is 0. The first-order valence-corrected chi connectivity index (χ1v) is 10.5. The average Bonchev–Trinajstić information content (AvgIpc) is 2.79. The number of fused-ring (bicyclic) bond motifs is 1. The van der Waals surface area contributed by atoms with Crippen molar-refractivity contribution in [3.8, 4) is 5.75 Å². The maximum absolute atomic E-state index is 13.4. The molecule has 3 aromatic rings. The van der Waals surface area contributed by atoms with Crippen LogP contribution in [0.3, 0.4) is 0 Å². The van der Waals surface area contributed by atoms with Gasteiger partial charge in [0.15, 0.2) is 24.7 Å². The van der Waals surface area contributed by atoms with E-state index in [9.17, 15) is 4.79 Å². The first kappa shape index (κ1) is 19.9. The number of rotatable bonds is 5. The minimum Gasteiger partial charge on any atom is -0.486 e. The number of ether oxygens (including phenoxy) is 1. The van der Waals surface area contributed by atoms with Crippen LogP contribution in [0.4, 0.5) is 5.69 Å². The van der Waals surface area contributed by atoms with Crippen LogP contribution in [0.1, 0.15) is 41.8 Å². The molecule has 0 saturated heterocycles. The van der Waals surface area contributed by atoms with E-state index in [0.29, 0.717) is 12.1 Å². The Morgan fingerprint density at radius 1 is 1.10 bits per heavy atom. The number of anilines is 1. The minimum absolute atomic E-state index is 0.00884. The van der Waals surface area contributed by atoms with Gasteiger partial charge in [0.1, 0.15) is 6.10 Å². The Kier molecular flexibility index (Phi) is 5.94. The highest BCUT2D eigenvalue weighted by Gasteiger charge is 2.30. The molecule has 0 fully saturated rings. The van der Waals surface area contributed by atoms with Gasteiger partial charge in [-0.3, -0.25) is 4.79 Å². The molecule has 1 aromatic heterocycles. The fourth-order valence-electron chi connectivity index (χ4n) is 3.76. The van der Waals surface area contributed by atoms with Crippen molar-refractivity contribution < 1.29 is 14.1 Å². The second-order valence-corrected chi connectivity index (χ2v) is 7.50. The lowest BCUT2D eigenvalue weighted by atomic mass is 10.0. The van der Waals surface area contributed by atoms with Crippen molar-refractivity contribution in [2.24, 2.45) is 0 Å². The van der Waals surface area contributed by atoms with Gasteiger partial charge in [-0.2, -0.15) is 0 Å². The summed E-state index contributed by atoms with van der Waals surface area (Å²) in [5, 5.41) is 0. The summed E-state index contributed by atoms with van der Waals surface area (Å²) < 4.78 is 8.33. The van der Waals surface area contributed by atoms with Crippen molar-refractivity contribution in [2.75, 3.05) is 11.4 Å². The Morgan fingerprint density at radius 3 is 2.57 bits per heavy atom. The molecule has 0 spiro atoms. The van der Waals surface area contributed by atoms with E-state index < -0.39 is 0 Å². The number of aromatic nitrogens is 1. The van der Waals surface area contributed by atoms with Gasteiger partial charge in [0, 0.05) is 28.8 Å². The van der Waals surface area contributed by atoms with Crippen LogP contribution in [-0.4, -0.2) is 18.6 Å². The molecule has 1 atom stereocenters. The largest absolute Gasteiger partial charge is 0.486 e. The topological polar surface area (TPSA) is 33.4 Å². The third-order valence-corrected chi connectivity index (χ3v) is 5.38. The van der Waals surface area contributed by atoms with E-state index in [0.717, 1.165) is 35.5 Å². The number of benzene rings is 2. The molecule has 1 aliphatic heterocycles. The van der Waals surface area contributed by atoms with Gasteiger partial charge in [0.2, 0.25) is 0 Å². The Hall–Kier alpha value is -3.40. The van der Waals surface area contributed by atoms with E-state index in [4.69, 9.17) is 4.74 Å². The van der Waals surface area contributed by atoms with Crippen LogP contribution in [0.5, 0.6) is 5.75 Å². The quantitative estimate of drug-likeness (QED) is 0.573. The highest BCUT2D eigenvalue weighted by molar-refractivity contribution is 6.07. The third-order valence-electron chi connectivity index (χ3n) is 5.38. The highest BCUT2D eigenvalue weighted by Crippen LogP contribution is 2.38. The Bertz CT molecular complexity index is 1040. The van der Waals surface area contributed by atoms with Crippen LogP contribution >= 0.6 is 0 Å². The molecule has 0 N–H and O–H groups in total. The maximum atomic E-state index is 13.4. The molecule has 4 rings (SSSR count). The van der Waals surface area contributed by atoms with Crippen LogP contribution in [0.15, 0.2) is 79.1 Å². The molecule has 1 amide bonds. The zero-order valence-electron chi connectivity index (χ0n) is 17.5. The van der Waals surface area contributed by atoms with Crippen LogP contribution in [-0.2, 0) is 6.54 Å². The van der Waals surface area contributed by atoms with E-state index in [1.54, 1.807) is 0 Å². The van der Waals surface area contributed by atoms with Gasteiger partial charge in [-0.15, -0.1) is 0 Å². The van der Waals surface area contributed by atoms with Crippen molar-refractivity contribution >= 4 is 17.7 Å². The van der Waals surface area contributed by atoms with Gasteiger partial charge in [0.05, 0.1) is 12.2 Å². The van der Waals surface area contributed by atoms with E-state index >= 15 is 0 Å². The standard InChI is InChI=1S/C26H27N2O2/c1-3-9-21-10-8-11-24-25(21)30-23(4-2)19-28(24)26(29)22-14-12-20(13-15-22)18-27-16-6-5-7-17-27/h3,5-17,23H,4,18-19H2,1-2H3/q+1/b9-3+. The molecule has 0 bridgehead atoms. The molecule has 1 aliphatic rings. The molecule has 2 heterocycles. The summed E-state index contributed by atoms with van der Waals surface area (Å²) >= 11 is 0. The SMILES string of the molecule is C/C=C/c1cccc2c1OC(CC)CN2C(=O)c1ccc(C[n+]2ccccc2)cc1. The maximum Gasteiger partial charge on any atom is 0.258 e. The summed E-state index contributed by atoms with van der Waals surface area (Å²) in [6, 6.07) is 19.9. The number of pyridine rings is 1. The van der Waals surface area contributed by atoms with Gasteiger partial charge in [-0.1, -0.05) is 49.4 Å². The highest BCUT2D eigenvalue weighted by atomic mass is 16.5. The van der Waals surface area contributed by atoms with Gasteiger partial charge in [0.25, 0.3) is 5.91 Å². The predicted octanol–water partition coefficient (Wildman–Crippen LogP) is 4.87. The lowest BCUT2D eigenvalue weighted by molar-refractivity contribution is -0.688. The van der Waals surface area contributed by atoms with Crippen molar-refractivity contribution in [3.63, 3.8) is 0 Å². The van der Waals surface area contributed by atoms with Crippen molar-refractivity contribution in [2.45, 2.75) is 32.9 Å². The molecular formula is C26H27N2O2+. The Balaban J connectivity index is 1.61. The van der Waals surface area contributed by atoms with Crippen LogP contribution in [0.25, 0.3) is 6.08 Å². The number of allylic oxidation sites excluding steroid dienone is 1. The number of nitrogens with zero attached hydrogens (tertiary/aromatic N) is 2. The number of hydrogen-bond acceptors (Lipinski definition) is 2. The number of carbonyl (C=O) groups is 1. The molecule has 4 nitrogen and oxygen atoms in total. The average molecular weight is 400 g/mol. The molecule has 30 heavy (non-hydrogen) atoms. The number of carbonyl (C=O) groups excluding carboxylic acids is 1. The number of amides is 1. The summed E-state index contributed by atoms with van der Waals surface area (Å²) in [5.41, 5.74) is 3.69. The van der Waals surface area contributed by atoms with Gasteiger partial charge >= 0.3 is 0 Å². The lowest BCUT2D eigenvalue weighted by Gasteiger charge is -2.35. The summed E-state index contributed by atoms with van der Waals surface area (Å²) in [5.74, 6) is 0.800. The van der Waals surface area contributed by atoms with Crippen molar-refractivity contribution in [1.82, 2.24) is 0 Å². The van der Waals surface area contributed by atoms with Crippen molar-refractivity contribution in [1.29, 1.82) is 0 Å². The van der Waals surface area contributed by atoms with E-state index in [1.807, 2.05) is 97.0 Å². The summed E-state index contributed by atoms with van der Waals surface area (Å²) in [4.78, 5) is 15.3. The van der Waals surface area contributed by atoms with Crippen molar-refractivity contribution in [3.05, 3.63) is 95.8 Å². The predicted molar refractivity (Wildman–Crippen MR) is 120 cm³/mol. The van der Waals surface area contributed by atoms with E-state index in [1.165, 1.54) is 0 Å². The Labute approximate surface area is 178 Å². The van der Waals surface area contributed by atoms with Gasteiger partial charge < -0.3 is 9.64 Å². The third kappa shape index (κ3) is 4.13. The molecule has 0 saturated carbocycles. The number of hydrogen-bond donors (Lipinski definition) is 0. The lowest BCUT2D eigenvalue weighted by Crippen LogP contribution is -2.43. The van der Waals surface area contributed by atoms with Gasteiger partial charge in [-0.25, -0.2) is 4.57 Å². The minimum atomic E-state index is -0.0124. The smallest absolute Gasteiger partial charge is 0.258 e. The fourth-order valence-corrected chi connectivity index (χ4v) is 3.76. The zero-order valence-corrected chi connectivity index (χ0v) is 17.5. The molecule has 2 aromatic carbocycles. The second-order valence-electron chi connectivity index (χ2n) is 7.50. The molecule has 4 heteroatoms. The second kappa shape index (κ2) is 8.95. The molecule has 1 unspecified atom stereocenters. The molecule has 152 valence electrons.